The van der Waals surface area contributed by atoms with E-state index >= 15 is 0 Å². The molecule has 8 nitrogen and oxygen atoms in total. The molecule has 1 N–H and O–H groups in total. The second kappa shape index (κ2) is 7.89. The first-order chi connectivity index (χ1) is 13.6. The summed E-state index contributed by atoms with van der Waals surface area (Å²) in [6, 6.07) is 5.48. The number of hydrogen-bond donors (Lipinski definition) is 1. The Labute approximate surface area is 165 Å². The Balaban J connectivity index is 1.37. The highest BCUT2D eigenvalue weighted by atomic mass is 32.1. The molecular weight excluding hydrogens is 382 g/mol. The van der Waals surface area contributed by atoms with Crippen molar-refractivity contribution in [3.8, 4) is 11.5 Å². The fourth-order valence-corrected chi connectivity index (χ4v) is 3.98. The molecule has 0 bridgehead atoms. The molecule has 9 heteroatoms. The van der Waals surface area contributed by atoms with Crippen molar-refractivity contribution in [1.82, 2.24) is 9.88 Å². The molecule has 0 radical (unpaired) electrons. The number of aromatic nitrogens is 1. The van der Waals surface area contributed by atoms with Gasteiger partial charge in [-0.2, -0.15) is 0 Å². The predicted octanol–water partition coefficient (Wildman–Crippen LogP) is 3.04. The van der Waals surface area contributed by atoms with Crippen LogP contribution in [-0.2, 0) is 22.5 Å². The number of nitrogens with zero attached hydrogens (tertiary/aromatic N) is 2. The number of ether oxygens (including phenoxy) is 3. The standard InChI is InChI=1S/C19H19N3O5S/c1-2-25-19(24)22-8-7-13-16(10-22)28-18(20-13)21-17(23)6-4-12-3-5-14-15(9-12)27-11-26-14/h3-6,9H,2,7-8,10-11H2,1H3,(H,20,21,23)/b6-4-. The first kappa shape index (κ1) is 18.3. The minimum atomic E-state index is -0.321. The third-order valence-electron chi connectivity index (χ3n) is 4.31. The van der Waals surface area contributed by atoms with E-state index in [4.69, 9.17) is 14.2 Å². The maximum absolute atomic E-state index is 12.2. The summed E-state index contributed by atoms with van der Waals surface area (Å²) in [6.45, 7) is 3.36. The van der Waals surface area contributed by atoms with E-state index in [-0.39, 0.29) is 18.8 Å². The van der Waals surface area contributed by atoms with Gasteiger partial charge in [0.15, 0.2) is 16.6 Å². The maximum atomic E-state index is 12.2. The number of benzene rings is 1. The topological polar surface area (TPSA) is 90.0 Å². The zero-order chi connectivity index (χ0) is 19.5. The van der Waals surface area contributed by atoms with Gasteiger partial charge in [-0.3, -0.25) is 10.1 Å². The van der Waals surface area contributed by atoms with Crippen LogP contribution in [0.25, 0.3) is 6.08 Å². The van der Waals surface area contributed by atoms with Gasteiger partial charge in [-0.1, -0.05) is 17.4 Å². The number of fused-ring (bicyclic) bond motifs is 2. The largest absolute Gasteiger partial charge is 0.454 e. The molecule has 146 valence electrons. The quantitative estimate of drug-likeness (QED) is 0.792. The summed E-state index contributed by atoms with van der Waals surface area (Å²) in [5, 5.41) is 3.31. The van der Waals surface area contributed by atoms with Gasteiger partial charge in [-0.25, -0.2) is 9.78 Å². The number of nitrogens with one attached hydrogen (secondary N) is 1. The third kappa shape index (κ3) is 3.94. The van der Waals surface area contributed by atoms with E-state index in [0.717, 1.165) is 16.1 Å². The van der Waals surface area contributed by atoms with Crippen molar-refractivity contribution in [2.45, 2.75) is 19.9 Å². The Morgan fingerprint density at radius 1 is 1.36 bits per heavy atom. The van der Waals surface area contributed by atoms with Crippen LogP contribution < -0.4 is 14.8 Å². The zero-order valence-electron chi connectivity index (χ0n) is 15.3. The molecule has 0 atom stereocenters. The second-order valence-corrected chi connectivity index (χ2v) is 7.28. The maximum Gasteiger partial charge on any atom is 0.410 e. The SMILES string of the molecule is CCOC(=O)N1CCc2nc(NC(=O)/C=C\c3ccc4c(c3)OCO4)sc2C1. The summed E-state index contributed by atoms with van der Waals surface area (Å²) in [6.07, 6.45) is 3.47. The summed E-state index contributed by atoms with van der Waals surface area (Å²) >= 11 is 1.38. The molecule has 1 aromatic carbocycles. The summed E-state index contributed by atoms with van der Waals surface area (Å²) in [7, 11) is 0. The molecule has 4 rings (SSSR count). The van der Waals surface area contributed by atoms with Crippen molar-refractivity contribution < 1.29 is 23.8 Å². The molecule has 3 heterocycles. The van der Waals surface area contributed by atoms with Crippen LogP contribution in [0.15, 0.2) is 24.3 Å². The van der Waals surface area contributed by atoms with Gasteiger partial charge >= 0.3 is 6.09 Å². The monoisotopic (exact) mass is 401 g/mol. The van der Waals surface area contributed by atoms with E-state index in [1.54, 1.807) is 17.9 Å². The van der Waals surface area contributed by atoms with Gasteiger partial charge in [0.25, 0.3) is 0 Å². The van der Waals surface area contributed by atoms with E-state index in [9.17, 15) is 9.59 Å². The molecule has 0 unspecified atom stereocenters. The molecule has 0 fully saturated rings. The molecule has 0 saturated carbocycles. The Hall–Kier alpha value is -3.07. The Bertz CT molecular complexity index is 940. The molecule has 2 aromatic rings. The Morgan fingerprint density at radius 3 is 3.07 bits per heavy atom. The van der Waals surface area contributed by atoms with E-state index < -0.39 is 0 Å². The van der Waals surface area contributed by atoms with Crippen LogP contribution in [0.5, 0.6) is 11.5 Å². The van der Waals surface area contributed by atoms with Crippen molar-refractivity contribution in [3.05, 3.63) is 40.4 Å². The van der Waals surface area contributed by atoms with E-state index in [2.05, 4.69) is 10.3 Å². The number of amides is 2. The molecule has 0 spiro atoms. The molecule has 2 aliphatic rings. The van der Waals surface area contributed by atoms with Gasteiger partial charge in [0, 0.05) is 23.9 Å². The highest BCUT2D eigenvalue weighted by Crippen LogP contribution is 2.33. The summed E-state index contributed by atoms with van der Waals surface area (Å²) in [5.74, 6) is 1.10. The lowest BCUT2D eigenvalue weighted by molar-refractivity contribution is -0.111. The molecule has 0 saturated heterocycles. The third-order valence-corrected chi connectivity index (χ3v) is 5.31. The molecule has 2 aliphatic heterocycles. The minimum Gasteiger partial charge on any atom is -0.454 e. The van der Waals surface area contributed by atoms with Gasteiger partial charge in [-0.05, 0) is 30.7 Å². The Kier molecular flexibility index (Phi) is 5.16. The molecule has 0 aliphatic carbocycles. The number of carbonyl (C=O) groups is 2. The summed E-state index contributed by atoms with van der Waals surface area (Å²) in [4.78, 5) is 31.2. The van der Waals surface area contributed by atoms with Crippen LogP contribution >= 0.6 is 11.3 Å². The second-order valence-electron chi connectivity index (χ2n) is 6.19. The fraction of sp³-hybridized carbons (Fsp3) is 0.316. The highest BCUT2D eigenvalue weighted by molar-refractivity contribution is 7.15. The van der Waals surface area contributed by atoms with Crippen LogP contribution in [0.1, 0.15) is 23.1 Å². The minimum absolute atomic E-state index is 0.214. The van der Waals surface area contributed by atoms with Crippen molar-refractivity contribution in [2.24, 2.45) is 0 Å². The zero-order valence-corrected chi connectivity index (χ0v) is 16.1. The lowest BCUT2D eigenvalue weighted by Crippen LogP contribution is -2.35. The van der Waals surface area contributed by atoms with Crippen LogP contribution in [0.4, 0.5) is 9.93 Å². The van der Waals surface area contributed by atoms with Crippen LogP contribution in [0, 0.1) is 0 Å². The van der Waals surface area contributed by atoms with Gasteiger partial charge in [-0.15, -0.1) is 0 Å². The van der Waals surface area contributed by atoms with Crippen molar-refractivity contribution in [1.29, 1.82) is 0 Å². The lowest BCUT2D eigenvalue weighted by Gasteiger charge is -2.24. The summed E-state index contributed by atoms with van der Waals surface area (Å²) < 4.78 is 15.6. The van der Waals surface area contributed by atoms with Gasteiger partial charge in [0.1, 0.15) is 0 Å². The first-order valence-corrected chi connectivity index (χ1v) is 9.73. The fourth-order valence-electron chi connectivity index (χ4n) is 2.96. The Morgan fingerprint density at radius 2 is 2.21 bits per heavy atom. The predicted molar refractivity (Wildman–Crippen MR) is 103 cm³/mol. The van der Waals surface area contributed by atoms with Crippen LogP contribution in [0.3, 0.4) is 0 Å². The number of carbonyl (C=O) groups excluding carboxylic acids is 2. The van der Waals surface area contributed by atoms with Crippen molar-refractivity contribution in [2.75, 3.05) is 25.3 Å². The van der Waals surface area contributed by atoms with Crippen LogP contribution in [-0.4, -0.2) is 41.8 Å². The molecular formula is C19H19N3O5S. The van der Waals surface area contributed by atoms with Gasteiger partial charge in [0.2, 0.25) is 12.7 Å². The smallest absolute Gasteiger partial charge is 0.410 e. The van der Waals surface area contributed by atoms with Crippen LogP contribution in [0.2, 0.25) is 0 Å². The normalized spacial score (nSPS) is 14.8. The van der Waals surface area contributed by atoms with Gasteiger partial charge < -0.3 is 19.1 Å². The molecule has 2 amide bonds. The van der Waals surface area contributed by atoms with E-state index in [1.165, 1.54) is 17.4 Å². The average molecular weight is 401 g/mol. The number of anilines is 1. The molecule has 1 aromatic heterocycles. The van der Waals surface area contributed by atoms with Gasteiger partial charge in [0.05, 0.1) is 18.8 Å². The number of rotatable bonds is 4. The van der Waals surface area contributed by atoms with Crippen molar-refractivity contribution in [3.63, 3.8) is 0 Å². The first-order valence-electron chi connectivity index (χ1n) is 8.91. The number of hydrogen-bond acceptors (Lipinski definition) is 7. The van der Waals surface area contributed by atoms with E-state index in [0.29, 0.717) is 42.7 Å². The lowest BCUT2D eigenvalue weighted by atomic mass is 10.2. The highest BCUT2D eigenvalue weighted by Gasteiger charge is 2.25. The summed E-state index contributed by atoms with van der Waals surface area (Å²) in [5.41, 5.74) is 1.75. The van der Waals surface area contributed by atoms with E-state index in [1.807, 2.05) is 18.2 Å². The van der Waals surface area contributed by atoms with Crippen molar-refractivity contribution >= 4 is 34.5 Å². The molecule has 28 heavy (non-hydrogen) atoms. The average Bonchev–Trinajstić information content (AvgIpc) is 3.31. The number of thiazole rings is 1.